The number of nitrogens with two attached hydrogens (primary N) is 1. The lowest BCUT2D eigenvalue weighted by atomic mass is 10.1. The Balaban J connectivity index is 2.20. The fourth-order valence-electron chi connectivity index (χ4n) is 2.14. The molecule has 0 fully saturated rings. The van der Waals surface area contributed by atoms with Gasteiger partial charge in [-0.25, -0.2) is 0 Å². The maximum atomic E-state index is 6.27. The Morgan fingerprint density at radius 2 is 2.10 bits per heavy atom. The van der Waals surface area contributed by atoms with Crippen LogP contribution in [0.3, 0.4) is 0 Å². The first-order valence-corrected chi connectivity index (χ1v) is 8.52. The van der Waals surface area contributed by atoms with E-state index in [1.165, 1.54) is 5.56 Å². The number of thiophene rings is 1. The molecule has 20 heavy (non-hydrogen) atoms. The zero-order valence-electron chi connectivity index (χ0n) is 10.9. The second-order valence-electron chi connectivity index (χ2n) is 4.59. The molecule has 0 amide bonds. The molecule has 1 heterocycles. The van der Waals surface area contributed by atoms with E-state index in [1.54, 1.807) is 17.4 Å². The van der Waals surface area contributed by atoms with E-state index < -0.39 is 0 Å². The molecule has 2 aromatic rings. The lowest BCUT2D eigenvalue weighted by Gasteiger charge is -2.28. The van der Waals surface area contributed by atoms with Gasteiger partial charge in [0.15, 0.2) is 0 Å². The Hall–Kier alpha value is -0.100. The average molecular weight is 394 g/mol. The average Bonchev–Trinajstić information content (AvgIpc) is 2.80. The molecule has 1 aromatic carbocycles. The summed E-state index contributed by atoms with van der Waals surface area (Å²) in [7, 11) is 2.04. The van der Waals surface area contributed by atoms with Gasteiger partial charge in [0.05, 0.1) is 3.79 Å². The topological polar surface area (TPSA) is 29.3 Å². The summed E-state index contributed by atoms with van der Waals surface area (Å²) in [6, 6.07) is 7.66. The first-order chi connectivity index (χ1) is 9.51. The molecule has 0 saturated carbocycles. The third-order valence-electron chi connectivity index (χ3n) is 3.13. The molecule has 0 saturated heterocycles. The molecule has 0 spiro atoms. The summed E-state index contributed by atoms with van der Waals surface area (Å²) >= 11 is 17.5. The van der Waals surface area contributed by atoms with Crippen LogP contribution in [0.2, 0.25) is 10.0 Å². The molecule has 0 radical (unpaired) electrons. The van der Waals surface area contributed by atoms with E-state index in [1.807, 2.05) is 19.2 Å². The molecule has 2 nitrogen and oxygen atoms in total. The summed E-state index contributed by atoms with van der Waals surface area (Å²) in [5, 5.41) is 3.51. The summed E-state index contributed by atoms with van der Waals surface area (Å²) < 4.78 is 1.13. The number of halogens is 3. The minimum absolute atomic E-state index is 0.0416. The van der Waals surface area contributed by atoms with Gasteiger partial charge in [-0.2, -0.15) is 0 Å². The highest BCUT2D eigenvalue weighted by atomic mass is 79.9. The number of nitrogens with zero attached hydrogens (tertiary/aromatic N) is 1. The van der Waals surface area contributed by atoms with Gasteiger partial charge in [0.25, 0.3) is 0 Å². The Labute approximate surface area is 141 Å². The summed E-state index contributed by atoms with van der Waals surface area (Å²) in [5.41, 5.74) is 8.16. The second kappa shape index (κ2) is 7.25. The van der Waals surface area contributed by atoms with Crippen molar-refractivity contribution in [2.75, 3.05) is 13.6 Å². The maximum absolute atomic E-state index is 6.27. The molecular formula is C14H15BrCl2N2S. The van der Waals surface area contributed by atoms with Crippen molar-refractivity contribution in [2.45, 2.75) is 12.6 Å². The lowest BCUT2D eigenvalue weighted by molar-refractivity contribution is 0.242. The normalized spacial score (nSPS) is 12.9. The Morgan fingerprint density at radius 3 is 2.70 bits per heavy atom. The highest BCUT2D eigenvalue weighted by Crippen LogP contribution is 2.30. The zero-order valence-corrected chi connectivity index (χ0v) is 14.9. The van der Waals surface area contributed by atoms with Crippen LogP contribution in [0.5, 0.6) is 0 Å². The highest BCUT2D eigenvalue weighted by Gasteiger charge is 2.19. The second-order valence-corrected chi connectivity index (χ2v) is 7.73. The van der Waals surface area contributed by atoms with E-state index in [4.69, 9.17) is 28.9 Å². The van der Waals surface area contributed by atoms with E-state index in [9.17, 15) is 0 Å². The molecule has 2 rings (SSSR count). The SMILES string of the molecule is CN(Cc1csc(Br)c1)C(CN)c1cc(Cl)ccc1Cl. The molecule has 6 heteroatoms. The molecule has 0 bridgehead atoms. The molecule has 1 unspecified atom stereocenters. The fraction of sp³-hybridized carbons (Fsp3) is 0.286. The van der Waals surface area contributed by atoms with Crippen molar-refractivity contribution in [3.8, 4) is 0 Å². The van der Waals surface area contributed by atoms with Crippen LogP contribution in [0.1, 0.15) is 17.2 Å². The van der Waals surface area contributed by atoms with Crippen LogP contribution >= 0.6 is 50.5 Å². The van der Waals surface area contributed by atoms with Crippen molar-refractivity contribution < 1.29 is 0 Å². The van der Waals surface area contributed by atoms with Crippen LogP contribution in [-0.4, -0.2) is 18.5 Å². The number of benzene rings is 1. The summed E-state index contributed by atoms with van der Waals surface area (Å²) in [4.78, 5) is 2.19. The van der Waals surface area contributed by atoms with Crippen LogP contribution in [0.25, 0.3) is 0 Å². The first kappa shape index (κ1) is 16.3. The van der Waals surface area contributed by atoms with Gasteiger partial charge in [-0.15, -0.1) is 11.3 Å². The largest absolute Gasteiger partial charge is 0.329 e. The van der Waals surface area contributed by atoms with Crippen LogP contribution in [0.4, 0.5) is 0 Å². The van der Waals surface area contributed by atoms with Crippen LogP contribution < -0.4 is 5.73 Å². The summed E-state index contributed by atoms with van der Waals surface area (Å²) in [6.45, 7) is 1.30. The molecule has 1 aromatic heterocycles. The lowest BCUT2D eigenvalue weighted by Crippen LogP contribution is -2.30. The smallest absolute Gasteiger partial charge is 0.0701 e. The van der Waals surface area contributed by atoms with Crippen molar-refractivity contribution in [1.82, 2.24) is 4.90 Å². The monoisotopic (exact) mass is 392 g/mol. The maximum Gasteiger partial charge on any atom is 0.0701 e. The minimum Gasteiger partial charge on any atom is -0.329 e. The van der Waals surface area contributed by atoms with Gasteiger partial charge in [-0.3, -0.25) is 4.90 Å². The van der Waals surface area contributed by atoms with Gasteiger partial charge in [0.1, 0.15) is 0 Å². The van der Waals surface area contributed by atoms with Crippen molar-refractivity contribution in [2.24, 2.45) is 5.73 Å². The molecule has 0 aliphatic carbocycles. The molecule has 0 aliphatic rings. The van der Waals surface area contributed by atoms with Crippen molar-refractivity contribution >= 4 is 50.5 Å². The van der Waals surface area contributed by atoms with Gasteiger partial charge in [-0.05, 0) is 63.8 Å². The fourth-order valence-corrected chi connectivity index (χ4v) is 3.77. The van der Waals surface area contributed by atoms with E-state index >= 15 is 0 Å². The number of hydrogen-bond acceptors (Lipinski definition) is 3. The number of rotatable bonds is 5. The van der Waals surface area contributed by atoms with Crippen LogP contribution in [0, 0.1) is 0 Å². The van der Waals surface area contributed by atoms with Gasteiger partial charge >= 0.3 is 0 Å². The van der Waals surface area contributed by atoms with Gasteiger partial charge in [-0.1, -0.05) is 23.2 Å². The molecular weight excluding hydrogens is 379 g/mol. The predicted octanol–water partition coefficient (Wildman–Crippen LogP) is 4.95. The van der Waals surface area contributed by atoms with Crippen molar-refractivity contribution in [3.05, 3.63) is 54.6 Å². The van der Waals surface area contributed by atoms with Crippen molar-refractivity contribution in [1.29, 1.82) is 0 Å². The van der Waals surface area contributed by atoms with E-state index in [0.717, 1.165) is 15.9 Å². The minimum atomic E-state index is 0.0416. The standard InChI is InChI=1S/C14H15BrCl2N2S/c1-19(7-9-4-14(15)20-8-9)13(6-18)11-5-10(16)2-3-12(11)17/h2-5,8,13H,6-7,18H2,1H3. The van der Waals surface area contributed by atoms with Crippen molar-refractivity contribution in [3.63, 3.8) is 0 Å². The summed E-state index contributed by atoms with van der Waals surface area (Å²) in [6.07, 6.45) is 0. The molecule has 108 valence electrons. The van der Waals surface area contributed by atoms with Crippen LogP contribution in [0.15, 0.2) is 33.4 Å². The molecule has 2 N–H and O–H groups in total. The third kappa shape index (κ3) is 3.97. The highest BCUT2D eigenvalue weighted by molar-refractivity contribution is 9.11. The quantitative estimate of drug-likeness (QED) is 0.778. The van der Waals surface area contributed by atoms with E-state index in [-0.39, 0.29) is 6.04 Å². The number of hydrogen-bond donors (Lipinski definition) is 1. The Morgan fingerprint density at radius 1 is 1.35 bits per heavy atom. The zero-order chi connectivity index (χ0) is 14.7. The Bertz CT molecular complexity index is 588. The van der Waals surface area contributed by atoms with Gasteiger partial charge < -0.3 is 5.73 Å². The predicted molar refractivity (Wildman–Crippen MR) is 91.7 cm³/mol. The van der Waals surface area contributed by atoms with Gasteiger partial charge in [0.2, 0.25) is 0 Å². The van der Waals surface area contributed by atoms with Gasteiger partial charge in [0, 0.05) is 29.2 Å². The Kier molecular flexibility index (Phi) is 5.90. The van der Waals surface area contributed by atoms with Crippen LogP contribution in [-0.2, 0) is 6.54 Å². The number of likely N-dealkylation sites (N-methyl/N-ethyl adjacent to an activating group) is 1. The molecule has 1 atom stereocenters. The third-order valence-corrected chi connectivity index (χ3v) is 5.26. The molecule has 0 aliphatic heterocycles. The first-order valence-electron chi connectivity index (χ1n) is 6.09. The van der Waals surface area contributed by atoms with E-state index in [0.29, 0.717) is 16.6 Å². The van der Waals surface area contributed by atoms with E-state index in [2.05, 4.69) is 32.3 Å². The summed E-state index contributed by atoms with van der Waals surface area (Å²) in [5.74, 6) is 0.